The summed E-state index contributed by atoms with van der Waals surface area (Å²) in [6, 6.07) is -0.128. The van der Waals surface area contributed by atoms with E-state index < -0.39 is 5.60 Å². The second-order valence-electron chi connectivity index (χ2n) is 6.50. The van der Waals surface area contributed by atoms with Crippen molar-refractivity contribution in [3.8, 4) is 0 Å². The molecule has 98 valence electrons. The molecule has 1 aliphatic carbocycles. The van der Waals surface area contributed by atoms with Gasteiger partial charge in [-0.2, -0.15) is 0 Å². The van der Waals surface area contributed by atoms with Gasteiger partial charge in [0.05, 0.1) is 0 Å². The fourth-order valence-electron chi connectivity index (χ4n) is 3.04. The van der Waals surface area contributed by atoms with Gasteiger partial charge in [0.15, 0.2) is 0 Å². The van der Waals surface area contributed by atoms with Crippen molar-refractivity contribution in [2.75, 3.05) is 13.2 Å². The van der Waals surface area contributed by atoms with Gasteiger partial charge < -0.3 is 15.2 Å². The first-order valence-electron chi connectivity index (χ1n) is 6.43. The summed E-state index contributed by atoms with van der Waals surface area (Å²) >= 11 is 0. The molecule has 0 aromatic rings. The Hall–Kier alpha value is -0.610. The molecule has 2 aliphatic rings. The molecule has 0 aromatic heterocycles. The molecule has 1 aliphatic heterocycles. The van der Waals surface area contributed by atoms with E-state index in [1.54, 1.807) is 0 Å². The van der Waals surface area contributed by atoms with Gasteiger partial charge in [0.1, 0.15) is 11.6 Å². The number of hydrogen-bond acceptors (Lipinski definition) is 4. The molecule has 1 saturated heterocycles. The second-order valence-corrected chi connectivity index (χ2v) is 6.50. The van der Waals surface area contributed by atoms with Crippen LogP contribution in [0, 0.1) is 11.3 Å². The number of rotatable bonds is 3. The first-order chi connectivity index (χ1) is 7.86. The van der Waals surface area contributed by atoms with Crippen LogP contribution in [0.15, 0.2) is 0 Å². The average molecular weight is 241 g/mol. The van der Waals surface area contributed by atoms with E-state index in [1.165, 1.54) is 0 Å². The van der Waals surface area contributed by atoms with Gasteiger partial charge in [-0.15, -0.1) is 0 Å². The number of carbonyl (C=O) groups is 1. The van der Waals surface area contributed by atoms with Crippen LogP contribution in [0.25, 0.3) is 0 Å². The largest absolute Gasteiger partial charge is 0.459 e. The molecule has 1 unspecified atom stereocenters. The van der Waals surface area contributed by atoms with Crippen molar-refractivity contribution in [1.82, 2.24) is 5.32 Å². The minimum absolute atomic E-state index is 0.119. The van der Waals surface area contributed by atoms with Crippen LogP contribution in [0.4, 0.5) is 0 Å². The highest BCUT2D eigenvalue weighted by Crippen LogP contribution is 2.53. The lowest BCUT2D eigenvalue weighted by Crippen LogP contribution is -2.71. The molecule has 1 saturated carbocycles. The SMILES string of the molecule is CC(C)(C)OC(=O)C1NCC12CC(CCO)C2. The van der Waals surface area contributed by atoms with E-state index in [2.05, 4.69) is 5.32 Å². The fraction of sp³-hybridized carbons (Fsp3) is 0.923. The summed E-state index contributed by atoms with van der Waals surface area (Å²) in [5, 5.41) is 12.1. The Balaban J connectivity index is 1.86. The van der Waals surface area contributed by atoms with Crippen molar-refractivity contribution in [2.24, 2.45) is 11.3 Å². The van der Waals surface area contributed by atoms with E-state index in [0.29, 0.717) is 5.92 Å². The summed E-state index contributed by atoms with van der Waals surface area (Å²) in [4.78, 5) is 12.0. The Morgan fingerprint density at radius 2 is 2.12 bits per heavy atom. The molecule has 2 N–H and O–H groups in total. The minimum atomic E-state index is -0.413. The Morgan fingerprint density at radius 1 is 1.47 bits per heavy atom. The molecule has 1 spiro atoms. The summed E-state index contributed by atoms with van der Waals surface area (Å²) < 4.78 is 5.42. The van der Waals surface area contributed by atoms with Crippen molar-refractivity contribution in [3.05, 3.63) is 0 Å². The van der Waals surface area contributed by atoms with E-state index in [1.807, 2.05) is 20.8 Å². The monoisotopic (exact) mass is 241 g/mol. The second kappa shape index (κ2) is 4.25. The maximum Gasteiger partial charge on any atom is 0.324 e. The van der Waals surface area contributed by atoms with Gasteiger partial charge in [0.25, 0.3) is 0 Å². The van der Waals surface area contributed by atoms with Gasteiger partial charge in [-0.25, -0.2) is 0 Å². The number of ether oxygens (including phenoxy) is 1. The molecule has 0 radical (unpaired) electrons. The summed E-state index contributed by atoms with van der Waals surface area (Å²) in [6.45, 7) is 6.85. The number of nitrogens with one attached hydrogen (secondary N) is 1. The number of aliphatic hydroxyl groups excluding tert-OH is 1. The molecule has 1 heterocycles. The smallest absolute Gasteiger partial charge is 0.324 e. The van der Waals surface area contributed by atoms with Gasteiger partial charge in [-0.1, -0.05) is 0 Å². The van der Waals surface area contributed by atoms with E-state index in [4.69, 9.17) is 9.84 Å². The number of aliphatic hydroxyl groups is 1. The summed E-state index contributed by atoms with van der Waals surface area (Å²) in [6.07, 6.45) is 2.96. The first-order valence-corrected chi connectivity index (χ1v) is 6.43. The highest BCUT2D eigenvalue weighted by molar-refractivity contribution is 5.79. The quantitative estimate of drug-likeness (QED) is 0.726. The summed E-state index contributed by atoms with van der Waals surface area (Å²) in [5.41, 5.74) is -0.286. The maximum absolute atomic E-state index is 12.0. The highest BCUT2D eigenvalue weighted by Gasteiger charge is 2.58. The van der Waals surface area contributed by atoms with Crippen LogP contribution < -0.4 is 5.32 Å². The molecule has 17 heavy (non-hydrogen) atoms. The third-order valence-corrected chi connectivity index (χ3v) is 3.84. The van der Waals surface area contributed by atoms with Crippen LogP contribution in [-0.4, -0.2) is 35.9 Å². The van der Waals surface area contributed by atoms with Gasteiger partial charge >= 0.3 is 5.97 Å². The molecule has 1 atom stereocenters. The average Bonchev–Trinajstić information content (AvgIpc) is 2.04. The van der Waals surface area contributed by atoms with Gasteiger partial charge in [-0.3, -0.25) is 4.79 Å². The molecule has 4 nitrogen and oxygen atoms in total. The molecule has 2 rings (SSSR count). The lowest BCUT2D eigenvalue weighted by atomic mass is 9.53. The topological polar surface area (TPSA) is 58.6 Å². The Kier molecular flexibility index (Phi) is 3.21. The van der Waals surface area contributed by atoms with Crippen molar-refractivity contribution in [3.63, 3.8) is 0 Å². The van der Waals surface area contributed by atoms with Crippen LogP contribution >= 0.6 is 0 Å². The molecule has 2 fully saturated rings. The lowest BCUT2D eigenvalue weighted by Gasteiger charge is -2.58. The molecule has 0 amide bonds. The van der Waals surface area contributed by atoms with Crippen molar-refractivity contribution in [2.45, 2.75) is 51.7 Å². The van der Waals surface area contributed by atoms with Crippen molar-refractivity contribution in [1.29, 1.82) is 0 Å². The fourth-order valence-corrected chi connectivity index (χ4v) is 3.04. The Bertz CT molecular complexity index is 302. The zero-order valence-corrected chi connectivity index (χ0v) is 11.0. The standard InChI is InChI=1S/C13H23NO3/c1-12(2,3)17-11(16)10-13(8-14-10)6-9(7-13)4-5-15/h9-10,14-15H,4-8H2,1-3H3. The normalized spacial score (nSPS) is 36.2. The van der Waals surface area contributed by atoms with Gasteiger partial charge in [0.2, 0.25) is 0 Å². The Labute approximate surface area is 103 Å². The molecular formula is C13H23NO3. The molecular weight excluding hydrogens is 218 g/mol. The minimum Gasteiger partial charge on any atom is -0.459 e. The van der Waals surface area contributed by atoms with Crippen LogP contribution in [0.2, 0.25) is 0 Å². The zero-order valence-electron chi connectivity index (χ0n) is 11.0. The number of carbonyl (C=O) groups excluding carboxylic acids is 1. The lowest BCUT2D eigenvalue weighted by molar-refractivity contribution is -0.174. The van der Waals surface area contributed by atoms with E-state index in [9.17, 15) is 4.79 Å². The van der Waals surface area contributed by atoms with Crippen LogP contribution in [0.3, 0.4) is 0 Å². The zero-order chi connectivity index (χ0) is 12.7. The molecule has 0 bridgehead atoms. The number of esters is 1. The van der Waals surface area contributed by atoms with Crippen LogP contribution in [0.1, 0.15) is 40.0 Å². The predicted octanol–water partition coefficient (Wildman–Crippen LogP) is 1.08. The van der Waals surface area contributed by atoms with Gasteiger partial charge in [0, 0.05) is 18.6 Å². The first kappa shape index (κ1) is 12.8. The van der Waals surface area contributed by atoms with Crippen LogP contribution in [-0.2, 0) is 9.53 Å². The maximum atomic E-state index is 12.0. The molecule has 0 aromatic carbocycles. The molecule has 4 heteroatoms. The van der Waals surface area contributed by atoms with E-state index >= 15 is 0 Å². The summed E-state index contributed by atoms with van der Waals surface area (Å²) in [7, 11) is 0. The van der Waals surface area contributed by atoms with E-state index in [0.717, 1.165) is 25.8 Å². The predicted molar refractivity (Wildman–Crippen MR) is 64.5 cm³/mol. The van der Waals surface area contributed by atoms with Crippen molar-refractivity contribution < 1.29 is 14.6 Å². The van der Waals surface area contributed by atoms with Gasteiger partial charge in [-0.05, 0) is 46.0 Å². The van der Waals surface area contributed by atoms with Crippen molar-refractivity contribution >= 4 is 5.97 Å². The third-order valence-electron chi connectivity index (χ3n) is 3.84. The summed E-state index contributed by atoms with van der Waals surface area (Å²) in [5.74, 6) is 0.471. The Morgan fingerprint density at radius 3 is 2.53 bits per heavy atom. The highest BCUT2D eigenvalue weighted by atomic mass is 16.6. The van der Waals surface area contributed by atoms with E-state index in [-0.39, 0.29) is 24.0 Å². The van der Waals surface area contributed by atoms with Crippen LogP contribution in [0.5, 0.6) is 0 Å². The number of hydrogen-bond donors (Lipinski definition) is 2. The third kappa shape index (κ3) is 2.47.